The summed E-state index contributed by atoms with van der Waals surface area (Å²) in [6.45, 7) is 5.56. The quantitative estimate of drug-likeness (QED) is 0.284. The molecule has 0 spiro atoms. The highest BCUT2D eigenvalue weighted by Crippen LogP contribution is 2.31. The molecule has 2 aromatic heterocycles. The second-order valence-corrected chi connectivity index (χ2v) is 11.2. The number of fused-ring (bicyclic) bond motifs is 1. The first-order chi connectivity index (χ1) is 20.9. The molecule has 0 radical (unpaired) electrons. The molecule has 0 aliphatic carbocycles. The number of halogens is 1. The van der Waals surface area contributed by atoms with E-state index in [4.69, 9.17) is 14.7 Å². The van der Waals surface area contributed by atoms with Crippen LogP contribution in [-0.4, -0.2) is 68.9 Å². The predicted octanol–water partition coefficient (Wildman–Crippen LogP) is 4.09. The lowest BCUT2D eigenvalue weighted by Crippen LogP contribution is -2.51. The van der Waals surface area contributed by atoms with Crippen molar-refractivity contribution in [3.8, 4) is 11.8 Å². The van der Waals surface area contributed by atoms with Crippen LogP contribution in [0.4, 0.5) is 4.39 Å². The smallest absolute Gasteiger partial charge is 0.335 e. The van der Waals surface area contributed by atoms with Crippen LogP contribution in [0.3, 0.4) is 0 Å². The van der Waals surface area contributed by atoms with Crippen LogP contribution in [0.25, 0.3) is 11.0 Å². The first-order valence-corrected chi connectivity index (χ1v) is 14.5. The minimum absolute atomic E-state index is 0.00129. The summed E-state index contributed by atoms with van der Waals surface area (Å²) in [4.78, 5) is 23.7. The summed E-state index contributed by atoms with van der Waals surface area (Å²) in [6, 6.07) is 13.4. The Kier molecular flexibility index (Phi) is 8.33. The molecular weight excluding hydrogens is 551 g/mol. The zero-order chi connectivity index (χ0) is 29.9. The fraction of sp³-hybridized carbons (Fsp3) is 0.375. The summed E-state index contributed by atoms with van der Waals surface area (Å²) in [7, 11) is 0. The minimum atomic E-state index is -0.974. The SMILES string of the molecule is C[C@H]1CN(CCc2cc(C(=O)O)cc3c2ncn3C[C@@H]2CCO2)C(c2ncccc2OCc2ccc(C#N)cc2F)CN1. The molecule has 2 N–H and O–H groups in total. The van der Waals surface area contributed by atoms with E-state index in [0.29, 0.717) is 37.4 Å². The van der Waals surface area contributed by atoms with Gasteiger partial charge in [-0.2, -0.15) is 5.26 Å². The van der Waals surface area contributed by atoms with Gasteiger partial charge in [-0.1, -0.05) is 6.07 Å². The lowest BCUT2D eigenvalue weighted by molar-refractivity contribution is -0.0586. The Labute approximate surface area is 248 Å². The van der Waals surface area contributed by atoms with Crippen LogP contribution in [0.2, 0.25) is 0 Å². The Hall–Kier alpha value is -4.37. The molecule has 1 unspecified atom stereocenters. The van der Waals surface area contributed by atoms with Gasteiger partial charge < -0.3 is 24.5 Å². The lowest BCUT2D eigenvalue weighted by atomic mass is 10.0. The van der Waals surface area contributed by atoms with Crippen LogP contribution in [0.1, 0.15) is 52.1 Å². The van der Waals surface area contributed by atoms with Crippen LogP contribution in [-0.2, 0) is 24.3 Å². The number of benzene rings is 2. The number of piperazine rings is 1. The van der Waals surface area contributed by atoms with Gasteiger partial charge in [-0.3, -0.25) is 9.88 Å². The van der Waals surface area contributed by atoms with Gasteiger partial charge in [0.2, 0.25) is 0 Å². The van der Waals surface area contributed by atoms with E-state index in [1.54, 1.807) is 42.9 Å². The van der Waals surface area contributed by atoms with Crippen molar-refractivity contribution in [3.63, 3.8) is 0 Å². The van der Waals surface area contributed by atoms with E-state index in [2.05, 4.69) is 27.1 Å². The fourth-order valence-corrected chi connectivity index (χ4v) is 5.77. The summed E-state index contributed by atoms with van der Waals surface area (Å²) in [5, 5.41) is 22.4. The molecule has 0 saturated carbocycles. The van der Waals surface area contributed by atoms with E-state index in [0.717, 1.165) is 41.9 Å². The number of ether oxygens (including phenoxy) is 2. The zero-order valence-corrected chi connectivity index (χ0v) is 23.9. The Morgan fingerprint density at radius 2 is 2.12 bits per heavy atom. The Bertz CT molecular complexity index is 1680. The zero-order valence-electron chi connectivity index (χ0n) is 23.9. The van der Waals surface area contributed by atoms with Crippen molar-refractivity contribution in [1.29, 1.82) is 5.26 Å². The molecule has 3 atom stereocenters. The van der Waals surface area contributed by atoms with Crippen molar-refractivity contribution in [2.75, 3.05) is 26.2 Å². The van der Waals surface area contributed by atoms with Gasteiger partial charge in [0.15, 0.2) is 0 Å². The number of hydrogen-bond donors (Lipinski definition) is 2. The maximum Gasteiger partial charge on any atom is 0.335 e. The van der Waals surface area contributed by atoms with Crippen molar-refractivity contribution in [2.45, 2.75) is 51.1 Å². The summed E-state index contributed by atoms with van der Waals surface area (Å²) >= 11 is 0. The summed E-state index contributed by atoms with van der Waals surface area (Å²) in [5.74, 6) is -0.903. The number of aromatic carboxylic acids is 1. The van der Waals surface area contributed by atoms with Gasteiger partial charge in [0.25, 0.3) is 0 Å². The van der Waals surface area contributed by atoms with Crippen LogP contribution in [0.5, 0.6) is 5.75 Å². The molecule has 43 heavy (non-hydrogen) atoms. The highest BCUT2D eigenvalue weighted by molar-refractivity contribution is 5.93. The van der Waals surface area contributed by atoms with Gasteiger partial charge >= 0.3 is 5.97 Å². The number of nitrogens with one attached hydrogen (secondary N) is 1. The van der Waals surface area contributed by atoms with Crippen molar-refractivity contribution < 1.29 is 23.8 Å². The minimum Gasteiger partial charge on any atom is -0.487 e. The van der Waals surface area contributed by atoms with Gasteiger partial charge in [-0.15, -0.1) is 0 Å². The molecule has 6 rings (SSSR count). The van der Waals surface area contributed by atoms with Crippen molar-refractivity contribution in [1.82, 2.24) is 24.8 Å². The predicted molar refractivity (Wildman–Crippen MR) is 156 cm³/mol. The molecule has 4 heterocycles. The molecule has 0 bridgehead atoms. The maximum absolute atomic E-state index is 14.5. The Balaban J connectivity index is 1.23. The number of nitrogens with zero attached hydrogens (tertiary/aromatic N) is 5. The largest absolute Gasteiger partial charge is 0.487 e. The molecule has 2 aliphatic heterocycles. The average molecular weight is 585 g/mol. The first kappa shape index (κ1) is 28.7. The van der Waals surface area contributed by atoms with Gasteiger partial charge in [-0.25, -0.2) is 14.2 Å². The molecule has 11 heteroatoms. The van der Waals surface area contributed by atoms with Crippen LogP contribution >= 0.6 is 0 Å². The highest BCUT2D eigenvalue weighted by atomic mass is 19.1. The second kappa shape index (κ2) is 12.5. The summed E-state index contributed by atoms with van der Waals surface area (Å²) < 4.78 is 28.2. The number of carboxylic acids is 1. The van der Waals surface area contributed by atoms with Crippen LogP contribution in [0, 0.1) is 17.1 Å². The van der Waals surface area contributed by atoms with Gasteiger partial charge in [0.1, 0.15) is 23.9 Å². The van der Waals surface area contributed by atoms with Crippen LogP contribution in [0.15, 0.2) is 55.0 Å². The molecule has 2 aliphatic rings. The van der Waals surface area contributed by atoms with E-state index >= 15 is 0 Å². The lowest BCUT2D eigenvalue weighted by Gasteiger charge is -2.39. The third-order valence-electron chi connectivity index (χ3n) is 8.20. The molecular formula is C32H33FN6O4. The maximum atomic E-state index is 14.5. The monoisotopic (exact) mass is 584 g/mol. The number of carboxylic acid groups (broad SMARTS) is 1. The van der Waals surface area contributed by atoms with Gasteiger partial charge in [0.05, 0.1) is 53.2 Å². The van der Waals surface area contributed by atoms with Crippen molar-refractivity contribution in [2.24, 2.45) is 0 Å². The second-order valence-electron chi connectivity index (χ2n) is 11.2. The average Bonchev–Trinajstić information content (AvgIpc) is 3.40. The van der Waals surface area contributed by atoms with E-state index in [-0.39, 0.29) is 35.9 Å². The van der Waals surface area contributed by atoms with E-state index in [9.17, 15) is 14.3 Å². The molecule has 10 nitrogen and oxygen atoms in total. The van der Waals surface area contributed by atoms with Gasteiger partial charge in [-0.05, 0) is 61.7 Å². The number of rotatable bonds is 10. The van der Waals surface area contributed by atoms with Crippen LogP contribution < -0.4 is 10.1 Å². The molecule has 2 aromatic carbocycles. The molecule has 4 aromatic rings. The van der Waals surface area contributed by atoms with Gasteiger partial charge in [0, 0.05) is 44.0 Å². The fourth-order valence-electron chi connectivity index (χ4n) is 5.77. The van der Waals surface area contributed by atoms with Crippen molar-refractivity contribution >= 4 is 17.0 Å². The number of imidazole rings is 1. The summed E-state index contributed by atoms with van der Waals surface area (Å²) in [5.41, 5.74) is 4.06. The first-order valence-electron chi connectivity index (χ1n) is 14.5. The molecule has 222 valence electrons. The van der Waals surface area contributed by atoms with E-state index in [1.165, 1.54) is 6.07 Å². The molecule has 0 amide bonds. The number of nitriles is 1. The normalized spacial score (nSPS) is 20.4. The molecule has 2 fully saturated rings. The third-order valence-corrected chi connectivity index (χ3v) is 8.20. The van der Waals surface area contributed by atoms with Crippen molar-refractivity contribution in [3.05, 3.63) is 88.8 Å². The number of pyridine rings is 1. The molecule has 2 saturated heterocycles. The Morgan fingerprint density at radius 3 is 2.86 bits per heavy atom. The number of carbonyl (C=O) groups is 1. The highest BCUT2D eigenvalue weighted by Gasteiger charge is 2.30. The number of hydrogen-bond acceptors (Lipinski definition) is 8. The third kappa shape index (κ3) is 6.22. The summed E-state index contributed by atoms with van der Waals surface area (Å²) in [6.07, 6.45) is 5.19. The van der Waals surface area contributed by atoms with E-state index in [1.807, 2.05) is 16.7 Å². The van der Waals surface area contributed by atoms with E-state index < -0.39 is 11.8 Å². The standard InChI is InChI=1S/C32H33FN6O4/c1-20-16-38(9-6-22-12-24(32(40)41)13-27-30(22)37-19-39(27)17-25-7-10-42-25)28(15-36-20)31-29(3-2-8-35-31)43-18-23-5-4-21(14-34)11-26(23)33/h2-5,8,11-13,19-20,25,28,36H,6-7,9-10,15-18H2,1H3,(H,40,41)/t20-,25-,28?/m0/s1. The Morgan fingerprint density at radius 1 is 1.26 bits per heavy atom. The number of aromatic nitrogens is 3. The topological polar surface area (TPSA) is 126 Å².